The molecule has 1 aliphatic heterocycles. The Kier molecular flexibility index (Phi) is 4.49. The van der Waals surface area contributed by atoms with E-state index in [0.717, 1.165) is 13.1 Å². The maximum atomic E-state index is 3.52. The van der Waals surface area contributed by atoms with E-state index in [-0.39, 0.29) is 0 Å². The second-order valence-electron chi connectivity index (χ2n) is 5.79. The molecule has 3 heteroatoms. The predicted molar refractivity (Wildman–Crippen MR) is 89.9 cm³/mol. The number of hydrogen-bond acceptors (Lipinski definition) is 2. The molecule has 0 amide bonds. The van der Waals surface area contributed by atoms with Gasteiger partial charge in [-0.05, 0) is 55.7 Å². The molecular weight excluding hydrogens is 258 g/mol. The molecule has 1 aromatic carbocycles. The quantitative estimate of drug-likeness (QED) is 0.861. The van der Waals surface area contributed by atoms with Gasteiger partial charge < -0.3 is 14.8 Å². The molecule has 3 rings (SSSR count). The lowest BCUT2D eigenvalue weighted by Crippen LogP contribution is -2.17. The fourth-order valence-electron chi connectivity index (χ4n) is 3.03. The number of aryl methyl sites for hydroxylation is 1. The molecule has 0 bridgehead atoms. The standard InChI is InChI=1S/C18H25N3/c1-2-11-20-14-5-6-18(20)15-19-16-7-9-17(10-8-16)21-12-3-4-13-21/h5-10,14,19H,2-4,11-13,15H2,1H3. The first-order chi connectivity index (χ1) is 10.4. The molecular formula is C18H25N3. The number of nitrogens with zero attached hydrogens (tertiary/aromatic N) is 2. The van der Waals surface area contributed by atoms with Gasteiger partial charge in [0, 0.05) is 42.9 Å². The predicted octanol–water partition coefficient (Wildman–Crippen LogP) is 4.11. The molecule has 1 aromatic heterocycles. The molecule has 0 aliphatic carbocycles. The summed E-state index contributed by atoms with van der Waals surface area (Å²) in [6.45, 7) is 6.61. The molecule has 21 heavy (non-hydrogen) atoms. The Morgan fingerprint density at radius 1 is 1.05 bits per heavy atom. The van der Waals surface area contributed by atoms with Gasteiger partial charge in [0.05, 0.1) is 6.54 Å². The van der Waals surface area contributed by atoms with Crippen LogP contribution in [0.3, 0.4) is 0 Å². The van der Waals surface area contributed by atoms with Crippen molar-refractivity contribution in [3.63, 3.8) is 0 Å². The molecule has 2 heterocycles. The topological polar surface area (TPSA) is 20.2 Å². The molecule has 0 saturated carbocycles. The highest BCUT2D eigenvalue weighted by Crippen LogP contribution is 2.22. The third-order valence-electron chi connectivity index (χ3n) is 4.20. The molecule has 0 spiro atoms. The average Bonchev–Trinajstić information content (AvgIpc) is 3.18. The molecule has 1 N–H and O–H groups in total. The number of rotatable bonds is 6. The number of aromatic nitrogens is 1. The molecule has 0 unspecified atom stereocenters. The van der Waals surface area contributed by atoms with Gasteiger partial charge in [-0.25, -0.2) is 0 Å². The van der Waals surface area contributed by atoms with Gasteiger partial charge >= 0.3 is 0 Å². The minimum atomic E-state index is 0.885. The SMILES string of the molecule is CCCn1cccc1CNc1ccc(N2CCCC2)cc1. The van der Waals surface area contributed by atoms with Crippen molar-refractivity contribution < 1.29 is 0 Å². The maximum absolute atomic E-state index is 3.52. The van der Waals surface area contributed by atoms with Crippen LogP contribution in [-0.2, 0) is 13.1 Å². The molecule has 0 radical (unpaired) electrons. The van der Waals surface area contributed by atoms with E-state index in [9.17, 15) is 0 Å². The van der Waals surface area contributed by atoms with Crippen molar-refractivity contribution in [2.75, 3.05) is 23.3 Å². The van der Waals surface area contributed by atoms with Crippen molar-refractivity contribution in [3.8, 4) is 0 Å². The van der Waals surface area contributed by atoms with E-state index in [4.69, 9.17) is 0 Å². The number of hydrogen-bond donors (Lipinski definition) is 1. The summed E-state index contributed by atoms with van der Waals surface area (Å²) < 4.78 is 2.33. The first-order valence-electron chi connectivity index (χ1n) is 8.10. The van der Waals surface area contributed by atoms with Crippen molar-refractivity contribution in [1.82, 2.24) is 4.57 Å². The highest BCUT2D eigenvalue weighted by molar-refractivity contribution is 5.55. The van der Waals surface area contributed by atoms with Crippen molar-refractivity contribution in [1.29, 1.82) is 0 Å². The van der Waals surface area contributed by atoms with Gasteiger partial charge in [0.25, 0.3) is 0 Å². The number of benzene rings is 1. The Hall–Kier alpha value is -1.90. The Morgan fingerprint density at radius 2 is 1.81 bits per heavy atom. The van der Waals surface area contributed by atoms with Gasteiger partial charge in [-0.2, -0.15) is 0 Å². The van der Waals surface area contributed by atoms with E-state index >= 15 is 0 Å². The second kappa shape index (κ2) is 6.70. The third-order valence-corrected chi connectivity index (χ3v) is 4.20. The van der Waals surface area contributed by atoms with Crippen LogP contribution in [0.25, 0.3) is 0 Å². The number of anilines is 2. The first-order valence-corrected chi connectivity index (χ1v) is 8.10. The van der Waals surface area contributed by atoms with Crippen LogP contribution in [0.15, 0.2) is 42.6 Å². The van der Waals surface area contributed by atoms with Gasteiger partial charge in [-0.3, -0.25) is 0 Å². The van der Waals surface area contributed by atoms with Gasteiger partial charge in [0.1, 0.15) is 0 Å². The molecule has 3 nitrogen and oxygen atoms in total. The van der Waals surface area contributed by atoms with Gasteiger partial charge in [-0.1, -0.05) is 6.92 Å². The minimum Gasteiger partial charge on any atom is -0.379 e. The summed E-state index contributed by atoms with van der Waals surface area (Å²) in [5, 5.41) is 3.52. The monoisotopic (exact) mass is 283 g/mol. The summed E-state index contributed by atoms with van der Waals surface area (Å²) in [6, 6.07) is 13.2. The Morgan fingerprint density at radius 3 is 2.52 bits per heavy atom. The summed E-state index contributed by atoms with van der Waals surface area (Å²) in [6.07, 6.45) is 5.99. The summed E-state index contributed by atoms with van der Waals surface area (Å²) in [7, 11) is 0. The largest absolute Gasteiger partial charge is 0.379 e. The van der Waals surface area contributed by atoms with Crippen molar-refractivity contribution in [2.45, 2.75) is 39.3 Å². The first kappa shape index (κ1) is 14.1. The lowest BCUT2D eigenvalue weighted by atomic mass is 10.2. The summed E-state index contributed by atoms with van der Waals surface area (Å²) in [5.74, 6) is 0. The second-order valence-corrected chi connectivity index (χ2v) is 5.79. The van der Waals surface area contributed by atoms with Gasteiger partial charge in [0.15, 0.2) is 0 Å². The summed E-state index contributed by atoms with van der Waals surface area (Å²) in [4.78, 5) is 2.47. The van der Waals surface area contributed by atoms with E-state index in [2.05, 4.69) is 64.3 Å². The Bertz CT molecular complexity index is 550. The van der Waals surface area contributed by atoms with Crippen LogP contribution in [0.2, 0.25) is 0 Å². The fourth-order valence-corrected chi connectivity index (χ4v) is 3.03. The summed E-state index contributed by atoms with van der Waals surface area (Å²) in [5.41, 5.74) is 3.90. The molecule has 1 saturated heterocycles. The average molecular weight is 283 g/mol. The Balaban J connectivity index is 1.58. The highest BCUT2D eigenvalue weighted by Gasteiger charge is 2.11. The van der Waals surface area contributed by atoms with E-state index in [1.54, 1.807) is 0 Å². The van der Waals surface area contributed by atoms with Crippen LogP contribution >= 0.6 is 0 Å². The van der Waals surface area contributed by atoms with Crippen LogP contribution in [-0.4, -0.2) is 17.7 Å². The lowest BCUT2D eigenvalue weighted by molar-refractivity contribution is 0.654. The van der Waals surface area contributed by atoms with Crippen LogP contribution < -0.4 is 10.2 Å². The molecule has 112 valence electrons. The van der Waals surface area contributed by atoms with Gasteiger partial charge in [0.2, 0.25) is 0 Å². The lowest BCUT2D eigenvalue weighted by Gasteiger charge is -2.18. The third kappa shape index (κ3) is 3.41. The van der Waals surface area contributed by atoms with Crippen LogP contribution in [0.1, 0.15) is 31.9 Å². The highest BCUT2D eigenvalue weighted by atomic mass is 15.1. The maximum Gasteiger partial charge on any atom is 0.0553 e. The van der Waals surface area contributed by atoms with E-state index in [1.165, 1.54) is 49.4 Å². The zero-order valence-electron chi connectivity index (χ0n) is 12.9. The summed E-state index contributed by atoms with van der Waals surface area (Å²) >= 11 is 0. The van der Waals surface area contributed by atoms with Crippen LogP contribution in [0, 0.1) is 0 Å². The smallest absolute Gasteiger partial charge is 0.0553 e. The van der Waals surface area contributed by atoms with Crippen LogP contribution in [0.4, 0.5) is 11.4 Å². The zero-order valence-corrected chi connectivity index (χ0v) is 12.9. The Labute approximate surface area is 127 Å². The van der Waals surface area contributed by atoms with Crippen molar-refractivity contribution >= 4 is 11.4 Å². The van der Waals surface area contributed by atoms with Crippen molar-refractivity contribution in [2.24, 2.45) is 0 Å². The molecule has 1 aliphatic rings. The normalized spacial score (nSPS) is 14.6. The van der Waals surface area contributed by atoms with Crippen molar-refractivity contribution in [3.05, 3.63) is 48.3 Å². The molecule has 0 atom stereocenters. The zero-order chi connectivity index (χ0) is 14.5. The van der Waals surface area contributed by atoms with E-state index in [0.29, 0.717) is 0 Å². The molecule has 2 aromatic rings. The fraction of sp³-hybridized carbons (Fsp3) is 0.444. The number of nitrogens with one attached hydrogen (secondary N) is 1. The molecule has 1 fully saturated rings. The van der Waals surface area contributed by atoms with E-state index < -0.39 is 0 Å². The van der Waals surface area contributed by atoms with Gasteiger partial charge in [-0.15, -0.1) is 0 Å². The minimum absolute atomic E-state index is 0.885. The van der Waals surface area contributed by atoms with Crippen LogP contribution in [0.5, 0.6) is 0 Å². The van der Waals surface area contributed by atoms with E-state index in [1.807, 2.05) is 0 Å².